The SMILES string of the molecule is Cc1cc(Br)ccc1NC(=O)c1ccc(Br)cc1C. The van der Waals surface area contributed by atoms with Crippen LogP contribution in [0.15, 0.2) is 45.3 Å². The normalized spacial score (nSPS) is 10.3. The Morgan fingerprint density at radius 1 is 0.947 bits per heavy atom. The topological polar surface area (TPSA) is 29.1 Å². The summed E-state index contributed by atoms with van der Waals surface area (Å²) in [5.41, 5.74) is 3.49. The van der Waals surface area contributed by atoms with Gasteiger partial charge in [-0.2, -0.15) is 0 Å². The number of amides is 1. The van der Waals surface area contributed by atoms with Crippen molar-refractivity contribution in [2.45, 2.75) is 13.8 Å². The molecule has 2 nitrogen and oxygen atoms in total. The largest absolute Gasteiger partial charge is 0.322 e. The lowest BCUT2D eigenvalue weighted by molar-refractivity contribution is 0.102. The fraction of sp³-hybridized carbons (Fsp3) is 0.133. The number of rotatable bonds is 2. The number of carbonyl (C=O) groups is 1. The maximum atomic E-state index is 12.2. The zero-order valence-corrected chi connectivity index (χ0v) is 13.8. The predicted molar refractivity (Wildman–Crippen MR) is 85.7 cm³/mol. The molecule has 19 heavy (non-hydrogen) atoms. The molecule has 0 aliphatic rings. The van der Waals surface area contributed by atoms with E-state index in [4.69, 9.17) is 0 Å². The number of carbonyl (C=O) groups excluding carboxylic acids is 1. The fourth-order valence-electron chi connectivity index (χ4n) is 1.84. The lowest BCUT2D eigenvalue weighted by Gasteiger charge is -2.10. The third kappa shape index (κ3) is 3.45. The van der Waals surface area contributed by atoms with Crippen molar-refractivity contribution in [2.24, 2.45) is 0 Å². The second-order valence-electron chi connectivity index (χ2n) is 4.37. The first kappa shape index (κ1) is 14.3. The summed E-state index contributed by atoms with van der Waals surface area (Å²) < 4.78 is 1.98. The number of nitrogens with one attached hydrogen (secondary N) is 1. The van der Waals surface area contributed by atoms with Crippen LogP contribution < -0.4 is 5.32 Å². The molecule has 0 unspecified atom stereocenters. The highest BCUT2D eigenvalue weighted by molar-refractivity contribution is 9.10. The van der Waals surface area contributed by atoms with Crippen LogP contribution in [-0.2, 0) is 0 Å². The summed E-state index contributed by atoms with van der Waals surface area (Å²) in [5.74, 6) is -0.0876. The van der Waals surface area contributed by atoms with Gasteiger partial charge in [-0.05, 0) is 61.4 Å². The summed E-state index contributed by atoms with van der Waals surface area (Å²) in [6, 6.07) is 11.4. The molecule has 4 heteroatoms. The van der Waals surface area contributed by atoms with Crippen molar-refractivity contribution in [1.29, 1.82) is 0 Å². The highest BCUT2D eigenvalue weighted by Gasteiger charge is 2.10. The Morgan fingerprint density at radius 3 is 2.11 bits per heavy atom. The Labute approximate surface area is 129 Å². The highest BCUT2D eigenvalue weighted by Crippen LogP contribution is 2.22. The van der Waals surface area contributed by atoms with Gasteiger partial charge in [-0.25, -0.2) is 0 Å². The van der Waals surface area contributed by atoms with Crippen molar-refractivity contribution in [3.05, 3.63) is 62.0 Å². The molecule has 0 spiro atoms. The molecule has 0 aromatic heterocycles. The van der Waals surface area contributed by atoms with Gasteiger partial charge in [-0.15, -0.1) is 0 Å². The van der Waals surface area contributed by atoms with Crippen LogP contribution >= 0.6 is 31.9 Å². The number of halogens is 2. The predicted octanol–water partition coefficient (Wildman–Crippen LogP) is 5.08. The lowest BCUT2D eigenvalue weighted by Crippen LogP contribution is -2.14. The Kier molecular flexibility index (Phi) is 4.42. The van der Waals surface area contributed by atoms with Gasteiger partial charge in [0, 0.05) is 20.2 Å². The van der Waals surface area contributed by atoms with E-state index in [1.165, 1.54) is 0 Å². The first-order valence-electron chi connectivity index (χ1n) is 5.81. The quantitative estimate of drug-likeness (QED) is 0.770. The van der Waals surface area contributed by atoms with E-state index >= 15 is 0 Å². The number of benzene rings is 2. The van der Waals surface area contributed by atoms with E-state index in [1.807, 2.05) is 50.2 Å². The average Bonchev–Trinajstić information content (AvgIpc) is 2.32. The first-order valence-corrected chi connectivity index (χ1v) is 7.39. The van der Waals surface area contributed by atoms with Gasteiger partial charge < -0.3 is 5.32 Å². The number of aryl methyl sites for hydroxylation is 2. The van der Waals surface area contributed by atoms with Crippen molar-refractivity contribution in [2.75, 3.05) is 5.32 Å². The van der Waals surface area contributed by atoms with Crippen LogP contribution in [0.2, 0.25) is 0 Å². The van der Waals surface area contributed by atoms with Crippen molar-refractivity contribution in [3.8, 4) is 0 Å². The van der Waals surface area contributed by atoms with Gasteiger partial charge in [-0.3, -0.25) is 4.79 Å². The van der Waals surface area contributed by atoms with Gasteiger partial charge in [0.15, 0.2) is 0 Å². The van der Waals surface area contributed by atoms with Crippen LogP contribution in [0.4, 0.5) is 5.69 Å². The van der Waals surface area contributed by atoms with Crippen molar-refractivity contribution < 1.29 is 4.79 Å². The van der Waals surface area contributed by atoms with E-state index < -0.39 is 0 Å². The Balaban J connectivity index is 2.25. The van der Waals surface area contributed by atoms with Gasteiger partial charge in [-0.1, -0.05) is 31.9 Å². The maximum Gasteiger partial charge on any atom is 0.255 e. The molecule has 2 aromatic carbocycles. The van der Waals surface area contributed by atoms with Gasteiger partial charge in [0.1, 0.15) is 0 Å². The molecular weight excluding hydrogens is 370 g/mol. The molecule has 0 bridgehead atoms. The fourth-order valence-corrected chi connectivity index (χ4v) is 2.79. The minimum atomic E-state index is -0.0876. The molecule has 2 rings (SSSR count). The second kappa shape index (κ2) is 5.88. The monoisotopic (exact) mass is 381 g/mol. The van der Waals surface area contributed by atoms with E-state index in [1.54, 1.807) is 0 Å². The van der Waals surface area contributed by atoms with E-state index in [0.717, 1.165) is 25.8 Å². The molecular formula is C15H13Br2NO. The summed E-state index contributed by atoms with van der Waals surface area (Å²) in [5, 5.41) is 2.94. The summed E-state index contributed by atoms with van der Waals surface area (Å²) >= 11 is 6.80. The summed E-state index contributed by atoms with van der Waals surface area (Å²) in [7, 11) is 0. The van der Waals surface area contributed by atoms with Gasteiger partial charge in [0.2, 0.25) is 0 Å². The van der Waals surface area contributed by atoms with Crippen molar-refractivity contribution in [3.63, 3.8) is 0 Å². The van der Waals surface area contributed by atoms with Crippen LogP contribution in [0.1, 0.15) is 21.5 Å². The molecule has 0 aliphatic heterocycles. The molecule has 98 valence electrons. The van der Waals surface area contributed by atoms with Gasteiger partial charge in [0.25, 0.3) is 5.91 Å². The third-order valence-electron chi connectivity index (χ3n) is 2.87. The molecule has 0 atom stereocenters. The molecule has 0 fully saturated rings. The molecule has 0 saturated heterocycles. The number of hydrogen-bond donors (Lipinski definition) is 1. The van der Waals surface area contributed by atoms with E-state index in [2.05, 4.69) is 37.2 Å². The zero-order chi connectivity index (χ0) is 14.0. The lowest BCUT2D eigenvalue weighted by atomic mass is 10.1. The van der Waals surface area contributed by atoms with Crippen LogP contribution in [0.3, 0.4) is 0 Å². The smallest absolute Gasteiger partial charge is 0.255 e. The molecule has 1 N–H and O–H groups in total. The number of hydrogen-bond acceptors (Lipinski definition) is 1. The van der Waals surface area contributed by atoms with Crippen molar-refractivity contribution >= 4 is 43.5 Å². The summed E-state index contributed by atoms with van der Waals surface area (Å²) in [6.07, 6.45) is 0. The van der Waals surface area contributed by atoms with E-state index in [0.29, 0.717) is 5.56 Å². The minimum Gasteiger partial charge on any atom is -0.322 e. The zero-order valence-electron chi connectivity index (χ0n) is 10.6. The van der Waals surface area contributed by atoms with Crippen LogP contribution in [-0.4, -0.2) is 5.91 Å². The maximum absolute atomic E-state index is 12.2. The van der Waals surface area contributed by atoms with Crippen LogP contribution in [0.5, 0.6) is 0 Å². The van der Waals surface area contributed by atoms with E-state index in [9.17, 15) is 4.79 Å². The summed E-state index contributed by atoms with van der Waals surface area (Å²) in [6.45, 7) is 3.89. The Bertz CT molecular complexity index is 638. The van der Waals surface area contributed by atoms with Crippen LogP contribution in [0.25, 0.3) is 0 Å². The van der Waals surface area contributed by atoms with Gasteiger partial charge in [0.05, 0.1) is 0 Å². The second-order valence-corrected chi connectivity index (χ2v) is 6.20. The van der Waals surface area contributed by atoms with Crippen LogP contribution in [0, 0.1) is 13.8 Å². The summed E-state index contributed by atoms with van der Waals surface area (Å²) in [4.78, 5) is 12.2. The van der Waals surface area contributed by atoms with Crippen molar-refractivity contribution in [1.82, 2.24) is 0 Å². The van der Waals surface area contributed by atoms with E-state index in [-0.39, 0.29) is 5.91 Å². The number of anilines is 1. The Hall–Kier alpha value is -1.13. The average molecular weight is 383 g/mol. The molecule has 1 amide bonds. The molecule has 0 heterocycles. The molecule has 0 radical (unpaired) electrons. The highest BCUT2D eigenvalue weighted by atomic mass is 79.9. The molecule has 0 saturated carbocycles. The van der Waals surface area contributed by atoms with Gasteiger partial charge >= 0.3 is 0 Å². The third-order valence-corrected chi connectivity index (χ3v) is 3.86. The molecule has 0 aliphatic carbocycles. The molecule has 2 aromatic rings. The standard InChI is InChI=1S/C15H13Br2NO/c1-9-7-11(16)3-5-13(9)15(19)18-14-6-4-12(17)8-10(14)2/h3-8H,1-2H3,(H,18,19). The first-order chi connectivity index (χ1) is 8.97. The Morgan fingerprint density at radius 2 is 1.53 bits per heavy atom. The minimum absolute atomic E-state index is 0.0876.